The molecular weight excluding hydrogens is 260 g/mol. The van der Waals surface area contributed by atoms with Gasteiger partial charge in [0.2, 0.25) is 5.91 Å². The molecule has 0 bridgehead atoms. The van der Waals surface area contributed by atoms with Crippen molar-refractivity contribution in [3.63, 3.8) is 0 Å². The number of amides is 2. The van der Waals surface area contributed by atoms with E-state index >= 15 is 0 Å². The highest BCUT2D eigenvalue weighted by Gasteiger charge is 2.36. The van der Waals surface area contributed by atoms with Crippen LogP contribution in [0.5, 0.6) is 0 Å². The molecule has 0 aromatic heterocycles. The molecule has 0 aromatic rings. The number of likely N-dealkylation sites (tertiary alicyclic amines) is 1. The molecule has 1 aliphatic heterocycles. The van der Waals surface area contributed by atoms with Crippen molar-refractivity contribution in [3.05, 3.63) is 0 Å². The van der Waals surface area contributed by atoms with Crippen LogP contribution < -0.4 is 5.32 Å². The fraction of sp³-hybridized carbons (Fsp3) is 0.857. The smallest absolute Gasteiger partial charge is 0.408 e. The van der Waals surface area contributed by atoms with Crippen molar-refractivity contribution >= 4 is 12.0 Å². The molecule has 1 aliphatic rings. The molecule has 1 heterocycles. The van der Waals surface area contributed by atoms with Gasteiger partial charge in [0, 0.05) is 13.1 Å². The first kappa shape index (κ1) is 16.8. The minimum absolute atomic E-state index is 0.00719. The number of carbonyl (C=O) groups excluding carboxylic acids is 2. The van der Waals surface area contributed by atoms with Crippen LogP contribution in [0.25, 0.3) is 0 Å². The molecule has 20 heavy (non-hydrogen) atoms. The molecule has 6 nitrogen and oxygen atoms in total. The normalized spacial score (nSPS) is 19.0. The minimum Gasteiger partial charge on any atom is -0.444 e. The zero-order chi connectivity index (χ0) is 15.5. The molecule has 1 rings (SSSR count). The third kappa shape index (κ3) is 4.67. The van der Waals surface area contributed by atoms with Gasteiger partial charge in [-0.05, 0) is 26.7 Å². The number of aliphatic hydroxyl groups is 1. The Hall–Kier alpha value is -1.30. The van der Waals surface area contributed by atoms with Crippen molar-refractivity contribution in [2.24, 2.45) is 5.92 Å². The van der Waals surface area contributed by atoms with Crippen LogP contribution >= 0.6 is 0 Å². The van der Waals surface area contributed by atoms with Gasteiger partial charge in [0.1, 0.15) is 11.6 Å². The molecule has 0 saturated carbocycles. The van der Waals surface area contributed by atoms with Gasteiger partial charge in [-0.3, -0.25) is 4.79 Å². The maximum absolute atomic E-state index is 12.3. The largest absolute Gasteiger partial charge is 0.444 e. The molecule has 2 atom stereocenters. The van der Waals surface area contributed by atoms with E-state index in [2.05, 4.69) is 5.32 Å². The summed E-state index contributed by atoms with van der Waals surface area (Å²) in [5.41, 5.74) is -0.597. The van der Waals surface area contributed by atoms with Crippen LogP contribution in [0.3, 0.4) is 0 Å². The number of carbonyl (C=O) groups is 2. The molecular formula is C14H26N2O4. The second kappa shape index (κ2) is 6.43. The Kier molecular flexibility index (Phi) is 5.39. The molecule has 1 fully saturated rings. The van der Waals surface area contributed by atoms with Gasteiger partial charge in [0.15, 0.2) is 0 Å². The van der Waals surface area contributed by atoms with Crippen molar-refractivity contribution in [1.29, 1.82) is 0 Å². The van der Waals surface area contributed by atoms with Gasteiger partial charge >= 0.3 is 6.09 Å². The number of alkyl carbamates (subject to hydrolysis) is 1. The second-order valence-electron chi connectivity index (χ2n) is 6.41. The van der Waals surface area contributed by atoms with Gasteiger partial charge < -0.3 is 20.1 Å². The van der Waals surface area contributed by atoms with Gasteiger partial charge in [-0.1, -0.05) is 20.3 Å². The van der Waals surface area contributed by atoms with Crippen LogP contribution in [-0.2, 0) is 9.53 Å². The summed E-state index contributed by atoms with van der Waals surface area (Å²) in [7, 11) is 0. The lowest BCUT2D eigenvalue weighted by atomic mass is 9.96. The fourth-order valence-corrected chi connectivity index (χ4v) is 1.95. The second-order valence-corrected chi connectivity index (χ2v) is 6.41. The monoisotopic (exact) mass is 286 g/mol. The van der Waals surface area contributed by atoms with Crippen LogP contribution in [-0.4, -0.2) is 52.8 Å². The molecule has 0 spiro atoms. The number of ether oxygens (including phenoxy) is 1. The average Bonchev–Trinajstić information content (AvgIpc) is 2.28. The summed E-state index contributed by atoms with van der Waals surface area (Å²) < 4.78 is 5.20. The molecule has 2 amide bonds. The first-order valence-electron chi connectivity index (χ1n) is 7.10. The number of rotatable bonds is 4. The van der Waals surface area contributed by atoms with Crippen LogP contribution in [0.1, 0.15) is 41.0 Å². The van der Waals surface area contributed by atoms with Crippen molar-refractivity contribution in [2.45, 2.75) is 58.8 Å². The molecule has 0 radical (unpaired) electrons. The Morgan fingerprint density at radius 3 is 2.35 bits per heavy atom. The van der Waals surface area contributed by atoms with Crippen molar-refractivity contribution in [2.75, 3.05) is 13.1 Å². The first-order chi connectivity index (χ1) is 9.14. The topological polar surface area (TPSA) is 78.9 Å². The predicted molar refractivity (Wildman–Crippen MR) is 75.2 cm³/mol. The Morgan fingerprint density at radius 1 is 1.40 bits per heavy atom. The minimum atomic E-state index is -0.609. The lowest BCUT2D eigenvalue weighted by molar-refractivity contribution is -0.144. The van der Waals surface area contributed by atoms with Gasteiger partial charge in [-0.15, -0.1) is 0 Å². The van der Waals surface area contributed by atoms with Crippen molar-refractivity contribution < 1.29 is 19.4 Å². The number of hydrogen-bond donors (Lipinski definition) is 2. The lowest BCUT2D eigenvalue weighted by Crippen LogP contribution is -2.60. The summed E-state index contributed by atoms with van der Waals surface area (Å²) in [6.45, 7) is 9.88. The third-order valence-electron chi connectivity index (χ3n) is 3.33. The third-order valence-corrected chi connectivity index (χ3v) is 3.33. The Morgan fingerprint density at radius 2 is 1.95 bits per heavy atom. The summed E-state index contributed by atoms with van der Waals surface area (Å²) in [6, 6.07) is -0.609. The highest BCUT2D eigenvalue weighted by molar-refractivity contribution is 5.86. The summed E-state index contributed by atoms with van der Waals surface area (Å²) in [6.07, 6.45) is -0.266. The van der Waals surface area contributed by atoms with Gasteiger partial charge in [0.05, 0.1) is 6.10 Å². The Balaban J connectivity index is 2.65. The van der Waals surface area contributed by atoms with Gasteiger partial charge in [-0.25, -0.2) is 4.79 Å². The van der Waals surface area contributed by atoms with Crippen LogP contribution in [0, 0.1) is 5.92 Å². The van der Waals surface area contributed by atoms with Crippen LogP contribution in [0.2, 0.25) is 0 Å². The summed E-state index contributed by atoms with van der Waals surface area (Å²) in [4.78, 5) is 25.7. The summed E-state index contributed by atoms with van der Waals surface area (Å²) >= 11 is 0. The lowest BCUT2D eigenvalue weighted by Gasteiger charge is -2.39. The van der Waals surface area contributed by atoms with E-state index in [1.165, 1.54) is 0 Å². The summed E-state index contributed by atoms with van der Waals surface area (Å²) in [5.74, 6) is -0.150. The molecule has 0 unspecified atom stereocenters. The van der Waals surface area contributed by atoms with Crippen LogP contribution in [0.4, 0.5) is 4.79 Å². The number of nitrogens with one attached hydrogen (secondary N) is 1. The first-order valence-corrected chi connectivity index (χ1v) is 7.10. The molecule has 2 N–H and O–H groups in total. The molecule has 1 saturated heterocycles. The van der Waals surface area contributed by atoms with E-state index in [9.17, 15) is 14.7 Å². The highest BCUT2D eigenvalue weighted by Crippen LogP contribution is 2.16. The van der Waals surface area contributed by atoms with Crippen molar-refractivity contribution in [1.82, 2.24) is 10.2 Å². The Bertz CT molecular complexity index is 359. The van der Waals surface area contributed by atoms with E-state index in [4.69, 9.17) is 4.74 Å². The molecule has 0 aromatic carbocycles. The van der Waals surface area contributed by atoms with E-state index in [0.717, 1.165) is 6.42 Å². The van der Waals surface area contributed by atoms with Crippen molar-refractivity contribution in [3.8, 4) is 0 Å². The maximum atomic E-state index is 12.3. The van der Waals surface area contributed by atoms with Gasteiger partial charge in [0.25, 0.3) is 0 Å². The quantitative estimate of drug-likeness (QED) is 0.812. The molecule has 0 aliphatic carbocycles. The van der Waals surface area contributed by atoms with Crippen LogP contribution in [0.15, 0.2) is 0 Å². The molecule has 6 heteroatoms. The number of nitrogens with zero attached hydrogens (tertiary/aromatic N) is 1. The number of hydrogen-bond acceptors (Lipinski definition) is 4. The maximum Gasteiger partial charge on any atom is 0.408 e. The van der Waals surface area contributed by atoms with E-state index < -0.39 is 23.8 Å². The SMILES string of the molecule is CC[C@H](C)[C@H](NC(=O)OC(C)(C)C)C(=O)N1CC(O)C1. The Labute approximate surface area is 120 Å². The number of aliphatic hydroxyl groups excluding tert-OH is 1. The number of β-amino-alcohol motifs (C(OH)–C–C–N with tert-alkyl or cyclic N) is 1. The fourth-order valence-electron chi connectivity index (χ4n) is 1.95. The van der Waals surface area contributed by atoms with E-state index in [1.807, 2.05) is 13.8 Å². The zero-order valence-electron chi connectivity index (χ0n) is 13.0. The van der Waals surface area contributed by atoms with Gasteiger partial charge in [-0.2, -0.15) is 0 Å². The summed E-state index contributed by atoms with van der Waals surface area (Å²) in [5, 5.41) is 11.9. The molecule has 116 valence electrons. The predicted octanol–water partition coefficient (Wildman–Crippen LogP) is 1.13. The van der Waals surface area contributed by atoms with E-state index in [0.29, 0.717) is 13.1 Å². The average molecular weight is 286 g/mol. The highest BCUT2D eigenvalue weighted by atomic mass is 16.6. The van der Waals surface area contributed by atoms with E-state index in [-0.39, 0.29) is 11.8 Å². The standard InChI is InChI=1S/C14H26N2O4/c1-6-9(2)11(12(18)16-7-10(17)8-16)15-13(19)20-14(3,4)5/h9-11,17H,6-8H2,1-5H3,(H,15,19)/t9-,11-/m0/s1. The zero-order valence-corrected chi connectivity index (χ0v) is 13.0. The van der Waals surface area contributed by atoms with E-state index in [1.54, 1.807) is 25.7 Å².